The topological polar surface area (TPSA) is 21.1 Å². The van der Waals surface area contributed by atoms with Crippen molar-refractivity contribution in [1.82, 2.24) is 14.7 Å². The molecule has 1 saturated heterocycles. The highest BCUT2D eigenvalue weighted by atomic mass is 15.3. The van der Waals surface area contributed by atoms with Gasteiger partial charge in [0, 0.05) is 24.8 Å². The Morgan fingerprint density at radius 3 is 2.38 bits per heavy atom. The van der Waals surface area contributed by atoms with E-state index < -0.39 is 0 Å². The summed E-state index contributed by atoms with van der Waals surface area (Å²) in [6.45, 7) is 7.85. The molecule has 1 aliphatic heterocycles. The highest BCUT2D eigenvalue weighted by Gasteiger charge is 2.17. The predicted molar refractivity (Wildman–Crippen MR) is 52.6 cm³/mol. The molecule has 1 aliphatic rings. The van der Waals surface area contributed by atoms with Crippen molar-refractivity contribution < 1.29 is 0 Å². The fourth-order valence-corrected chi connectivity index (χ4v) is 1.81. The Balaban J connectivity index is 2.17. The molecule has 0 aromatic carbocycles. The molecule has 0 saturated carbocycles. The Kier molecular flexibility index (Phi) is 2.12. The van der Waals surface area contributed by atoms with Crippen LogP contribution < -0.4 is 0 Å². The van der Waals surface area contributed by atoms with Crippen molar-refractivity contribution in [2.45, 2.75) is 26.8 Å². The number of likely N-dealkylation sites (tertiary alicyclic amines) is 1. The van der Waals surface area contributed by atoms with E-state index in [1.807, 2.05) is 11.7 Å². The monoisotopic (exact) mass is 179 g/mol. The molecule has 72 valence electrons. The van der Waals surface area contributed by atoms with Crippen molar-refractivity contribution in [3.05, 3.63) is 17.0 Å². The molecule has 2 heterocycles. The largest absolute Gasteiger partial charge is 0.299 e. The van der Waals surface area contributed by atoms with Gasteiger partial charge in [0.15, 0.2) is 0 Å². The third-order valence-corrected chi connectivity index (χ3v) is 2.99. The minimum absolute atomic E-state index is 1.09. The van der Waals surface area contributed by atoms with E-state index in [1.54, 1.807) is 0 Å². The fraction of sp³-hybridized carbons (Fsp3) is 0.700. The molecule has 1 aromatic heterocycles. The second kappa shape index (κ2) is 3.14. The normalized spacial score (nSPS) is 17.5. The molecule has 0 radical (unpaired) electrons. The summed E-state index contributed by atoms with van der Waals surface area (Å²) in [4.78, 5) is 2.47. The molecule has 3 nitrogen and oxygen atoms in total. The lowest BCUT2D eigenvalue weighted by atomic mass is 10.1. The van der Waals surface area contributed by atoms with Crippen LogP contribution in [0.2, 0.25) is 0 Å². The average Bonchev–Trinajstić information content (AvgIpc) is 2.21. The van der Waals surface area contributed by atoms with Gasteiger partial charge in [0.1, 0.15) is 0 Å². The molecule has 0 spiro atoms. The van der Waals surface area contributed by atoms with Gasteiger partial charge in [-0.3, -0.25) is 9.58 Å². The maximum atomic E-state index is 4.41. The van der Waals surface area contributed by atoms with Gasteiger partial charge in [-0.05, 0) is 33.4 Å². The van der Waals surface area contributed by atoms with Crippen LogP contribution in [0.1, 0.15) is 23.4 Å². The molecule has 13 heavy (non-hydrogen) atoms. The molecule has 0 amide bonds. The van der Waals surface area contributed by atoms with Crippen molar-refractivity contribution in [1.29, 1.82) is 0 Å². The van der Waals surface area contributed by atoms with Crippen LogP contribution in [0.25, 0.3) is 0 Å². The van der Waals surface area contributed by atoms with Crippen molar-refractivity contribution in [2.24, 2.45) is 7.05 Å². The van der Waals surface area contributed by atoms with E-state index in [9.17, 15) is 0 Å². The fourth-order valence-electron chi connectivity index (χ4n) is 1.81. The molecular weight excluding hydrogens is 162 g/mol. The lowest BCUT2D eigenvalue weighted by Crippen LogP contribution is -2.36. The van der Waals surface area contributed by atoms with Crippen LogP contribution in [0.4, 0.5) is 0 Å². The minimum atomic E-state index is 1.09. The summed E-state index contributed by atoms with van der Waals surface area (Å²) < 4.78 is 1.98. The Morgan fingerprint density at radius 1 is 1.31 bits per heavy atom. The summed E-state index contributed by atoms with van der Waals surface area (Å²) in [7, 11) is 2.02. The summed E-state index contributed by atoms with van der Waals surface area (Å²) in [6.07, 6.45) is 1.36. The van der Waals surface area contributed by atoms with Crippen LogP contribution in [0.3, 0.4) is 0 Å². The van der Waals surface area contributed by atoms with E-state index in [4.69, 9.17) is 0 Å². The number of hydrogen-bond donors (Lipinski definition) is 0. The first-order valence-electron chi connectivity index (χ1n) is 4.90. The Bertz CT molecular complexity index is 310. The van der Waals surface area contributed by atoms with Gasteiger partial charge >= 0.3 is 0 Å². The summed E-state index contributed by atoms with van der Waals surface area (Å²) in [5, 5.41) is 4.41. The molecule has 0 N–H and O–H groups in total. The average molecular weight is 179 g/mol. The first-order chi connectivity index (χ1) is 6.18. The van der Waals surface area contributed by atoms with Gasteiger partial charge in [0.05, 0.1) is 5.69 Å². The van der Waals surface area contributed by atoms with Crippen molar-refractivity contribution in [2.75, 3.05) is 13.1 Å². The highest BCUT2D eigenvalue weighted by Crippen LogP contribution is 2.17. The Hall–Kier alpha value is -0.830. The molecular formula is C10H17N3. The first kappa shape index (κ1) is 8.75. The van der Waals surface area contributed by atoms with Crippen molar-refractivity contribution >= 4 is 0 Å². The number of rotatable bonds is 2. The molecule has 0 bridgehead atoms. The summed E-state index contributed by atoms with van der Waals surface area (Å²) in [6, 6.07) is 0. The Morgan fingerprint density at radius 2 is 2.00 bits per heavy atom. The number of nitrogens with zero attached hydrogens (tertiary/aromatic N) is 3. The van der Waals surface area contributed by atoms with Gasteiger partial charge < -0.3 is 0 Å². The first-order valence-corrected chi connectivity index (χ1v) is 4.90. The second-order valence-electron chi connectivity index (χ2n) is 3.90. The lowest BCUT2D eigenvalue weighted by molar-refractivity contribution is 0.172. The molecule has 2 rings (SSSR count). The second-order valence-corrected chi connectivity index (χ2v) is 3.90. The number of hydrogen-bond acceptors (Lipinski definition) is 2. The molecule has 0 aliphatic carbocycles. The van der Waals surface area contributed by atoms with Crippen LogP contribution in [0.5, 0.6) is 0 Å². The standard InChI is InChI=1S/C10H17N3/c1-8-10(7-13-5-4-6-13)9(2)12(3)11-8/h4-7H2,1-3H3. The maximum absolute atomic E-state index is 4.41. The van der Waals surface area contributed by atoms with Crippen LogP contribution in [-0.4, -0.2) is 27.8 Å². The quantitative estimate of drug-likeness (QED) is 0.681. The van der Waals surface area contributed by atoms with E-state index in [-0.39, 0.29) is 0 Å². The van der Waals surface area contributed by atoms with E-state index in [2.05, 4.69) is 23.8 Å². The van der Waals surface area contributed by atoms with Crippen LogP contribution in [-0.2, 0) is 13.6 Å². The third kappa shape index (κ3) is 1.48. The van der Waals surface area contributed by atoms with E-state index in [0.29, 0.717) is 0 Å². The Labute approximate surface area is 79.3 Å². The van der Waals surface area contributed by atoms with E-state index >= 15 is 0 Å². The molecule has 1 aromatic rings. The zero-order valence-corrected chi connectivity index (χ0v) is 8.67. The lowest BCUT2D eigenvalue weighted by Gasteiger charge is -2.30. The van der Waals surface area contributed by atoms with Crippen LogP contribution in [0.15, 0.2) is 0 Å². The third-order valence-electron chi connectivity index (χ3n) is 2.99. The summed E-state index contributed by atoms with van der Waals surface area (Å²) >= 11 is 0. The van der Waals surface area contributed by atoms with Crippen LogP contribution in [0, 0.1) is 13.8 Å². The minimum Gasteiger partial charge on any atom is -0.299 e. The predicted octanol–water partition coefficient (Wildman–Crippen LogP) is 1.24. The highest BCUT2D eigenvalue weighted by molar-refractivity contribution is 5.24. The maximum Gasteiger partial charge on any atom is 0.0641 e. The summed E-state index contributed by atoms with van der Waals surface area (Å²) in [5.41, 5.74) is 3.92. The van der Waals surface area contributed by atoms with Gasteiger partial charge in [-0.1, -0.05) is 0 Å². The zero-order valence-electron chi connectivity index (χ0n) is 8.67. The van der Waals surface area contributed by atoms with E-state index in [0.717, 1.165) is 6.54 Å². The molecule has 1 fully saturated rings. The van der Waals surface area contributed by atoms with Crippen molar-refractivity contribution in [3.63, 3.8) is 0 Å². The summed E-state index contributed by atoms with van der Waals surface area (Å²) in [5.74, 6) is 0. The van der Waals surface area contributed by atoms with E-state index in [1.165, 1.54) is 36.5 Å². The van der Waals surface area contributed by atoms with Gasteiger partial charge in [0.25, 0.3) is 0 Å². The SMILES string of the molecule is Cc1nn(C)c(C)c1CN1CCC1. The van der Waals surface area contributed by atoms with Gasteiger partial charge in [-0.25, -0.2) is 0 Å². The number of aryl methyl sites for hydroxylation is 2. The smallest absolute Gasteiger partial charge is 0.0641 e. The van der Waals surface area contributed by atoms with Crippen molar-refractivity contribution in [3.8, 4) is 0 Å². The molecule has 3 heteroatoms. The van der Waals surface area contributed by atoms with Gasteiger partial charge in [-0.15, -0.1) is 0 Å². The van der Waals surface area contributed by atoms with Gasteiger partial charge in [-0.2, -0.15) is 5.10 Å². The number of aromatic nitrogens is 2. The molecule has 0 unspecified atom stereocenters. The van der Waals surface area contributed by atoms with Gasteiger partial charge in [0.2, 0.25) is 0 Å². The zero-order chi connectivity index (χ0) is 9.42. The van der Waals surface area contributed by atoms with Crippen LogP contribution >= 0.6 is 0 Å². The molecule has 0 atom stereocenters.